The third-order valence-corrected chi connectivity index (χ3v) is 8.39. The molecule has 1 N–H and O–H groups in total. The molecule has 0 radical (unpaired) electrons. The van der Waals surface area contributed by atoms with Gasteiger partial charge >= 0.3 is 0 Å². The molecule has 0 fully saturated rings. The first-order valence-corrected chi connectivity index (χ1v) is 14.5. The number of nitrogens with one attached hydrogen (secondary N) is 1. The van der Waals surface area contributed by atoms with E-state index >= 15 is 0 Å². The topological polar surface area (TPSA) is 96.0 Å². The van der Waals surface area contributed by atoms with E-state index in [0.29, 0.717) is 12.2 Å². The molecule has 0 saturated heterocycles. The molecule has 2 amide bonds. The molecule has 3 aromatic rings. The maximum Gasteiger partial charge on any atom is 0.264 e. The Balaban J connectivity index is 1.99. The second kappa shape index (κ2) is 13.8. The van der Waals surface area contributed by atoms with Crippen molar-refractivity contribution in [2.24, 2.45) is 0 Å². The third-order valence-electron chi connectivity index (χ3n) is 6.62. The van der Waals surface area contributed by atoms with Gasteiger partial charge in [0.05, 0.1) is 17.7 Å². The van der Waals surface area contributed by atoms with E-state index in [-0.39, 0.29) is 29.1 Å². The highest BCUT2D eigenvalue weighted by Crippen LogP contribution is 2.32. The minimum Gasteiger partial charge on any atom is -0.495 e. The number of methoxy groups -OCH3 is 1. The first-order chi connectivity index (χ1) is 18.7. The SMILES string of the molecule is CC[C@@H](C)NC(=O)[C@@H](C)N(CCc1ccccc1)C(=O)CN(c1ccccc1OC)S(=O)(=O)c1ccccc1. The Morgan fingerprint density at radius 2 is 1.49 bits per heavy atom. The van der Waals surface area contributed by atoms with E-state index < -0.39 is 28.5 Å². The molecule has 0 aromatic heterocycles. The molecular formula is C30H37N3O5S. The zero-order chi connectivity index (χ0) is 28.4. The molecule has 2 atom stereocenters. The number of para-hydroxylation sites is 2. The van der Waals surface area contributed by atoms with Crippen LogP contribution in [0.3, 0.4) is 0 Å². The van der Waals surface area contributed by atoms with E-state index in [1.165, 1.54) is 24.1 Å². The van der Waals surface area contributed by atoms with E-state index in [9.17, 15) is 18.0 Å². The average molecular weight is 552 g/mol. The average Bonchev–Trinajstić information content (AvgIpc) is 2.96. The fraction of sp³-hybridized carbons (Fsp3) is 0.333. The summed E-state index contributed by atoms with van der Waals surface area (Å²) in [6.45, 7) is 5.26. The molecule has 0 saturated carbocycles. The van der Waals surface area contributed by atoms with Gasteiger partial charge in [-0.05, 0) is 56.5 Å². The van der Waals surface area contributed by atoms with Crippen molar-refractivity contribution in [1.29, 1.82) is 0 Å². The van der Waals surface area contributed by atoms with Crippen LogP contribution in [0.5, 0.6) is 5.75 Å². The number of hydrogen-bond acceptors (Lipinski definition) is 5. The highest BCUT2D eigenvalue weighted by molar-refractivity contribution is 7.92. The van der Waals surface area contributed by atoms with E-state index in [1.54, 1.807) is 49.4 Å². The summed E-state index contributed by atoms with van der Waals surface area (Å²) >= 11 is 0. The van der Waals surface area contributed by atoms with Crippen LogP contribution in [0.25, 0.3) is 0 Å². The van der Waals surface area contributed by atoms with Crippen LogP contribution in [0.1, 0.15) is 32.8 Å². The van der Waals surface area contributed by atoms with E-state index in [1.807, 2.05) is 44.2 Å². The van der Waals surface area contributed by atoms with Gasteiger partial charge in [0.25, 0.3) is 10.0 Å². The van der Waals surface area contributed by atoms with Gasteiger partial charge in [-0.15, -0.1) is 0 Å². The second-order valence-corrected chi connectivity index (χ2v) is 11.2. The van der Waals surface area contributed by atoms with Crippen LogP contribution < -0.4 is 14.4 Å². The highest BCUT2D eigenvalue weighted by atomic mass is 32.2. The summed E-state index contributed by atoms with van der Waals surface area (Å²) in [6.07, 6.45) is 1.25. The molecule has 8 nitrogen and oxygen atoms in total. The fourth-order valence-electron chi connectivity index (χ4n) is 4.10. The van der Waals surface area contributed by atoms with Crippen molar-refractivity contribution in [2.75, 3.05) is 24.5 Å². The molecule has 3 rings (SSSR count). The lowest BCUT2D eigenvalue weighted by atomic mass is 10.1. The van der Waals surface area contributed by atoms with Gasteiger partial charge in [0.15, 0.2) is 0 Å². The Bertz CT molecular complexity index is 1330. The van der Waals surface area contributed by atoms with Crippen LogP contribution in [-0.2, 0) is 26.0 Å². The predicted molar refractivity (Wildman–Crippen MR) is 153 cm³/mol. The van der Waals surface area contributed by atoms with Gasteiger partial charge in [0.2, 0.25) is 11.8 Å². The second-order valence-electron chi connectivity index (χ2n) is 9.31. The molecule has 0 aliphatic heterocycles. The standard InChI is InChI=1S/C30H37N3O5S/c1-5-23(2)31-30(35)24(3)32(21-20-25-14-8-6-9-15-25)29(34)22-33(27-18-12-13-19-28(27)38-4)39(36,37)26-16-10-7-11-17-26/h6-19,23-24H,5,20-22H2,1-4H3,(H,31,35)/t23-,24-/m1/s1. The van der Waals surface area contributed by atoms with Gasteiger partial charge in [-0.2, -0.15) is 0 Å². The molecule has 9 heteroatoms. The fourth-order valence-corrected chi connectivity index (χ4v) is 5.55. The largest absolute Gasteiger partial charge is 0.495 e. The lowest BCUT2D eigenvalue weighted by Gasteiger charge is -2.32. The van der Waals surface area contributed by atoms with Crippen LogP contribution >= 0.6 is 0 Å². The van der Waals surface area contributed by atoms with Crippen molar-refractivity contribution >= 4 is 27.5 Å². The molecular weight excluding hydrogens is 514 g/mol. The number of nitrogens with zero attached hydrogens (tertiary/aromatic N) is 2. The Kier molecular flexibility index (Phi) is 10.5. The quantitative estimate of drug-likeness (QED) is 0.342. The molecule has 208 valence electrons. The molecule has 0 spiro atoms. The van der Waals surface area contributed by atoms with Crippen LogP contribution in [0.2, 0.25) is 0 Å². The smallest absolute Gasteiger partial charge is 0.264 e. The number of benzene rings is 3. The monoisotopic (exact) mass is 551 g/mol. The summed E-state index contributed by atoms with van der Waals surface area (Å²) in [6, 6.07) is 23.4. The Hall–Kier alpha value is -3.85. The number of anilines is 1. The maximum absolute atomic E-state index is 13.9. The van der Waals surface area contributed by atoms with Crippen molar-refractivity contribution in [2.45, 2.75) is 50.6 Å². The number of rotatable bonds is 13. The number of sulfonamides is 1. The number of carbonyl (C=O) groups excluding carboxylic acids is 2. The highest BCUT2D eigenvalue weighted by Gasteiger charge is 2.33. The number of carbonyl (C=O) groups is 2. The molecule has 0 aliphatic rings. The normalized spacial score (nSPS) is 12.7. The van der Waals surface area contributed by atoms with Gasteiger partial charge in [-0.3, -0.25) is 13.9 Å². The van der Waals surface area contributed by atoms with E-state index in [0.717, 1.165) is 16.3 Å². The zero-order valence-electron chi connectivity index (χ0n) is 22.9. The Labute approximate surface area is 231 Å². The first-order valence-electron chi connectivity index (χ1n) is 13.0. The van der Waals surface area contributed by atoms with Gasteiger partial charge in [-0.1, -0.05) is 67.6 Å². The molecule has 0 heterocycles. The van der Waals surface area contributed by atoms with E-state index in [4.69, 9.17) is 4.74 Å². The Morgan fingerprint density at radius 1 is 0.897 bits per heavy atom. The van der Waals surface area contributed by atoms with E-state index in [2.05, 4.69) is 5.32 Å². The molecule has 39 heavy (non-hydrogen) atoms. The zero-order valence-corrected chi connectivity index (χ0v) is 23.7. The van der Waals surface area contributed by atoms with Crippen molar-refractivity contribution in [3.8, 4) is 5.75 Å². The Morgan fingerprint density at radius 3 is 2.10 bits per heavy atom. The molecule has 0 bridgehead atoms. The van der Waals surface area contributed by atoms with Crippen LogP contribution in [0, 0.1) is 0 Å². The van der Waals surface area contributed by atoms with Crippen molar-refractivity contribution in [1.82, 2.24) is 10.2 Å². The van der Waals surface area contributed by atoms with Crippen LogP contribution in [-0.4, -0.2) is 57.4 Å². The van der Waals surface area contributed by atoms with Crippen molar-refractivity contribution in [3.05, 3.63) is 90.5 Å². The molecule has 3 aromatic carbocycles. The summed E-state index contributed by atoms with van der Waals surface area (Å²) in [5, 5.41) is 2.94. The summed E-state index contributed by atoms with van der Waals surface area (Å²) in [4.78, 5) is 28.5. The molecule has 0 unspecified atom stereocenters. The van der Waals surface area contributed by atoms with Gasteiger partial charge < -0.3 is 15.0 Å². The molecule has 0 aliphatic carbocycles. The lowest BCUT2D eigenvalue weighted by Crippen LogP contribution is -2.53. The predicted octanol–water partition coefficient (Wildman–Crippen LogP) is 4.27. The summed E-state index contributed by atoms with van der Waals surface area (Å²) in [5.74, 6) is -0.480. The number of ether oxygens (including phenoxy) is 1. The number of hydrogen-bond donors (Lipinski definition) is 1. The minimum atomic E-state index is -4.15. The first kappa shape index (κ1) is 29.7. The third kappa shape index (κ3) is 7.60. The lowest BCUT2D eigenvalue weighted by molar-refractivity contribution is -0.139. The minimum absolute atomic E-state index is 0.0436. The van der Waals surface area contributed by atoms with Crippen LogP contribution in [0.15, 0.2) is 89.8 Å². The van der Waals surface area contributed by atoms with Crippen LogP contribution in [0.4, 0.5) is 5.69 Å². The number of amides is 2. The van der Waals surface area contributed by atoms with Gasteiger partial charge in [-0.25, -0.2) is 8.42 Å². The van der Waals surface area contributed by atoms with Gasteiger partial charge in [0.1, 0.15) is 18.3 Å². The van der Waals surface area contributed by atoms with Crippen molar-refractivity contribution < 1.29 is 22.7 Å². The van der Waals surface area contributed by atoms with Crippen molar-refractivity contribution in [3.63, 3.8) is 0 Å². The summed E-state index contributed by atoms with van der Waals surface area (Å²) in [7, 11) is -2.70. The summed E-state index contributed by atoms with van der Waals surface area (Å²) < 4.78 is 34.2. The van der Waals surface area contributed by atoms with Gasteiger partial charge in [0, 0.05) is 12.6 Å². The maximum atomic E-state index is 13.9. The summed E-state index contributed by atoms with van der Waals surface area (Å²) in [5.41, 5.74) is 1.24.